The van der Waals surface area contributed by atoms with Crippen molar-refractivity contribution in [2.75, 3.05) is 21.3 Å². The standard InChI is InChI=1S/C15H20N2O3/c1-6-11-13(9(2)16-17-11)10-7-8-12(18-3)15(20-5)14(10)19-4/h7-8H,6H2,1-5H3,(H,16,17). The van der Waals surface area contributed by atoms with Crippen LogP contribution in [-0.2, 0) is 6.42 Å². The number of H-pyrrole nitrogens is 1. The summed E-state index contributed by atoms with van der Waals surface area (Å²) in [6, 6.07) is 3.85. The Bertz CT molecular complexity index is 605. The summed E-state index contributed by atoms with van der Waals surface area (Å²) in [6.07, 6.45) is 0.844. The minimum absolute atomic E-state index is 0.593. The van der Waals surface area contributed by atoms with Crippen LogP contribution in [0.4, 0.5) is 0 Å². The lowest BCUT2D eigenvalue weighted by Crippen LogP contribution is -1.98. The van der Waals surface area contributed by atoms with Gasteiger partial charge in [0.15, 0.2) is 11.5 Å². The number of rotatable bonds is 5. The third-order valence-electron chi connectivity index (χ3n) is 3.33. The molecular formula is C15H20N2O3. The lowest BCUT2D eigenvalue weighted by atomic mass is 10.0. The molecule has 1 aromatic carbocycles. The Kier molecular flexibility index (Phi) is 4.17. The van der Waals surface area contributed by atoms with Gasteiger partial charge in [0.2, 0.25) is 5.75 Å². The van der Waals surface area contributed by atoms with E-state index in [2.05, 4.69) is 17.1 Å². The van der Waals surface area contributed by atoms with Crippen LogP contribution >= 0.6 is 0 Å². The molecule has 108 valence electrons. The summed E-state index contributed by atoms with van der Waals surface area (Å²) in [6.45, 7) is 4.07. The molecular weight excluding hydrogens is 256 g/mol. The Hall–Kier alpha value is -2.17. The van der Waals surface area contributed by atoms with Gasteiger partial charge < -0.3 is 14.2 Å². The molecule has 2 rings (SSSR count). The Balaban J connectivity index is 2.71. The van der Waals surface area contributed by atoms with Crippen LogP contribution in [0.3, 0.4) is 0 Å². The number of nitrogens with one attached hydrogen (secondary N) is 1. The second-order valence-electron chi connectivity index (χ2n) is 4.41. The predicted molar refractivity (Wildman–Crippen MR) is 77.8 cm³/mol. The molecule has 0 amide bonds. The Morgan fingerprint density at radius 1 is 1.05 bits per heavy atom. The van der Waals surface area contributed by atoms with Crippen molar-refractivity contribution in [1.29, 1.82) is 0 Å². The Morgan fingerprint density at radius 2 is 1.75 bits per heavy atom. The first-order chi connectivity index (χ1) is 9.67. The van der Waals surface area contributed by atoms with Gasteiger partial charge in [-0.3, -0.25) is 5.10 Å². The van der Waals surface area contributed by atoms with Crippen molar-refractivity contribution in [2.24, 2.45) is 0 Å². The lowest BCUT2D eigenvalue weighted by molar-refractivity contribution is 0.325. The number of methoxy groups -OCH3 is 3. The molecule has 0 saturated heterocycles. The van der Waals surface area contributed by atoms with E-state index in [9.17, 15) is 0 Å². The molecule has 0 aliphatic rings. The molecule has 0 atom stereocenters. The maximum Gasteiger partial charge on any atom is 0.203 e. The first kappa shape index (κ1) is 14.2. The SMILES string of the molecule is CCc1n[nH]c(C)c1-c1ccc(OC)c(OC)c1OC. The number of hydrogen-bond donors (Lipinski definition) is 1. The van der Waals surface area contributed by atoms with E-state index in [4.69, 9.17) is 14.2 Å². The number of hydrogen-bond acceptors (Lipinski definition) is 4. The molecule has 0 fully saturated rings. The molecule has 0 spiro atoms. The molecule has 0 bridgehead atoms. The summed E-state index contributed by atoms with van der Waals surface area (Å²) in [5.41, 5.74) is 4.03. The van der Waals surface area contributed by atoms with Crippen LogP contribution < -0.4 is 14.2 Å². The van der Waals surface area contributed by atoms with Crippen LogP contribution in [0.1, 0.15) is 18.3 Å². The average Bonchev–Trinajstić information content (AvgIpc) is 2.86. The highest BCUT2D eigenvalue weighted by molar-refractivity contribution is 5.79. The summed E-state index contributed by atoms with van der Waals surface area (Å²) < 4.78 is 16.3. The summed E-state index contributed by atoms with van der Waals surface area (Å²) in [5, 5.41) is 7.36. The van der Waals surface area contributed by atoms with Gasteiger partial charge in [0, 0.05) is 16.8 Å². The predicted octanol–water partition coefficient (Wildman–Crippen LogP) is 2.97. The molecule has 1 N–H and O–H groups in total. The maximum absolute atomic E-state index is 5.54. The van der Waals surface area contributed by atoms with Crippen LogP contribution in [0.2, 0.25) is 0 Å². The van der Waals surface area contributed by atoms with Crippen LogP contribution in [0.5, 0.6) is 17.2 Å². The van der Waals surface area contributed by atoms with Gasteiger partial charge in [-0.1, -0.05) is 6.92 Å². The van der Waals surface area contributed by atoms with E-state index in [-0.39, 0.29) is 0 Å². The van der Waals surface area contributed by atoms with E-state index in [1.165, 1.54) is 0 Å². The average molecular weight is 276 g/mol. The van der Waals surface area contributed by atoms with Crippen molar-refractivity contribution in [3.63, 3.8) is 0 Å². The lowest BCUT2D eigenvalue weighted by Gasteiger charge is -2.16. The number of aromatic nitrogens is 2. The number of aromatic amines is 1. The van der Waals surface area contributed by atoms with Crippen molar-refractivity contribution in [1.82, 2.24) is 10.2 Å². The molecule has 1 heterocycles. The summed E-state index contributed by atoms with van der Waals surface area (Å²) in [7, 11) is 4.84. The van der Waals surface area contributed by atoms with Crippen LogP contribution in [0.15, 0.2) is 12.1 Å². The minimum atomic E-state index is 0.593. The maximum atomic E-state index is 5.54. The quantitative estimate of drug-likeness (QED) is 0.912. The monoisotopic (exact) mass is 276 g/mol. The van der Waals surface area contributed by atoms with E-state index in [1.807, 2.05) is 19.1 Å². The highest BCUT2D eigenvalue weighted by atomic mass is 16.5. The fourth-order valence-corrected chi connectivity index (χ4v) is 2.39. The van der Waals surface area contributed by atoms with E-state index in [0.29, 0.717) is 17.2 Å². The van der Waals surface area contributed by atoms with E-state index in [0.717, 1.165) is 28.9 Å². The van der Waals surface area contributed by atoms with Crippen molar-refractivity contribution in [2.45, 2.75) is 20.3 Å². The van der Waals surface area contributed by atoms with Crippen LogP contribution in [-0.4, -0.2) is 31.5 Å². The number of ether oxygens (including phenoxy) is 3. The van der Waals surface area contributed by atoms with Crippen molar-refractivity contribution < 1.29 is 14.2 Å². The summed E-state index contributed by atoms with van der Waals surface area (Å²) >= 11 is 0. The van der Waals surface area contributed by atoms with Gasteiger partial charge in [0.1, 0.15) is 0 Å². The van der Waals surface area contributed by atoms with Gasteiger partial charge in [-0.15, -0.1) is 0 Å². The molecule has 5 heteroatoms. The van der Waals surface area contributed by atoms with Gasteiger partial charge in [-0.2, -0.15) is 5.10 Å². The molecule has 0 radical (unpaired) electrons. The van der Waals surface area contributed by atoms with Gasteiger partial charge in [-0.25, -0.2) is 0 Å². The highest BCUT2D eigenvalue weighted by Crippen LogP contribution is 2.45. The zero-order valence-corrected chi connectivity index (χ0v) is 12.5. The first-order valence-corrected chi connectivity index (χ1v) is 6.51. The van der Waals surface area contributed by atoms with E-state index < -0.39 is 0 Å². The molecule has 0 aliphatic carbocycles. The van der Waals surface area contributed by atoms with Crippen LogP contribution in [0.25, 0.3) is 11.1 Å². The van der Waals surface area contributed by atoms with E-state index in [1.54, 1.807) is 21.3 Å². The largest absolute Gasteiger partial charge is 0.493 e. The first-order valence-electron chi connectivity index (χ1n) is 6.51. The van der Waals surface area contributed by atoms with Crippen molar-refractivity contribution in [3.05, 3.63) is 23.5 Å². The number of aryl methyl sites for hydroxylation is 2. The normalized spacial score (nSPS) is 10.4. The second kappa shape index (κ2) is 5.86. The highest BCUT2D eigenvalue weighted by Gasteiger charge is 2.21. The molecule has 20 heavy (non-hydrogen) atoms. The van der Waals surface area contributed by atoms with Crippen molar-refractivity contribution in [3.8, 4) is 28.4 Å². The fourth-order valence-electron chi connectivity index (χ4n) is 2.39. The minimum Gasteiger partial charge on any atom is -0.493 e. The van der Waals surface area contributed by atoms with Gasteiger partial charge >= 0.3 is 0 Å². The number of benzene rings is 1. The zero-order valence-electron chi connectivity index (χ0n) is 12.5. The van der Waals surface area contributed by atoms with Gasteiger partial charge in [0.05, 0.1) is 27.0 Å². The molecule has 2 aromatic rings. The summed E-state index contributed by atoms with van der Waals surface area (Å²) in [5.74, 6) is 1.90. The molecule has 5 nitrogen and oxygen atoms in total. The topological polar surface area (TPSA) is 56.4 Å². The smallest absolute Gasteiger partial charge is 0.203 e. The Labute approximate surface area is 118 Å². The number of nitrogens with zero attached hydrogens (tertiary/aromatic N) is 1. The molecule has 0 aliphatic heterocycles. The van der Waals surface area contributed by atoms with Gasteiger partial charge in [0.25, 0.3) is 0 Å². The zero-order chi connectivity index (χ0) is 14.7. The third kappa shape index (κ3) is 2.19. The molecule has 1 aromatic heterocycles. The Morgan fingerprint density at radius 3 is 2.30 bits per heavy atom. The molecule has 0 saturated carbocycles. The van der Waals surface area contributed by atoms with Crippen molar-refractivity contribution >= 4 is 0 Å². The second-order valence-corrected chi connectivity index (χ2v) is 4.41. The van der Waals surface area contributed by atoms with Gasteiger partial charge in [-0.05, 0) is 25.5 Å². The fraction of sp³-hybridized carbons (Fsp3) is 0.400. The third-order valence-corrected chi connectivity index (χ3v) is 3.33. The van der Waals surface area contributed by atoms with E-state index >= 15 is 0 Å². The molecule has 0 unspecified atom stereocenters. The summed E-state index contributed by atoms with van der Waals surface area (Å²) in [4.78, 5) is 0. The van der Waals surface area contributed by atoms with Crippen LogP contribution in [0, 0.1) is 6.92 Å².